The van der Waals surface area contributed by atoms with E-state index < -0.39 is 15.9 Å². The van der Waals surface area contributed by atoms with E-state index in [9.17, 15) is 13.2 Å². The van der Waals surface area contributed by atoms with Crippen molar-refractivity contribution in [2.45, 2.75) is 32.2 Å². The zero-order valence-electron chi connectivity index (χ0n) is 11.1. The first kappa shape index (κ1) is 17.3. The van der Waals surface area contributed by atoms with E-state index >= 15 is 0 Å². The van der Waals surface area contributed by atoms with Crippen molar-refractivity contribution in [3.8, 4) is 0 Å². The largest absolute Gasteiger partial charge is 0.396 e. The van der Waals surface area contributed by atoms with Crippen LogP contribution in [0.3, 0.4) is 0 Å². The Bertz CT molecular complexity index is 343. The van der Waals surface area contributed by atoms with Crippen LogP contribution in [0.5, 0.6) is 0 Å². The minimum Gasteiger partial charge on any atom is -0.396 e. The number of nitrogens with one attached hydrogen (secondary N) is 1. The van der Waals surface area contributed by atoms with Gasteiger partial charge in [-0.15, -0.1) is 0 Å². The molecule has 0 aromatic rings. The number of sulfone groups is 1. The zero-order valence-corrected chi connectivity index (χ0v) is 11.9. The van der Waals surface area contributed by atoms with E-state index in [-0.39, 0.29) is 30.6 Å². The average molecular weight is 280 g/mol. The fraction of sp³-hybridized carbons (Fsp3) is 0.909. The van der Waals surface area contributed by atoms with Crippen molar-refractivity contribution >= 4 is 15.7 Å². The van der Waals surface area contributed by atoms with Gasteiger partial charge in [0, 0.05) is 19.4 Å². The summed E-state index contributed by atoms with van der Waals surface area (Å²) in [4.78, 5) is 11.5. The lowest BCUT2D eigenvalue weighted by atomic mass is 10.1. The molecule has 0 fully saturated rings. The molecule has 0 aromatic carbocycles. The maximum absolute atomic E-state index is 11.5. The first-order valence-corrected chi connectivity index (χ1v) is 8.14. The molecule has 0 spiro atoms. The Balaban J connectivity index is 3.75. The van der Waals surface area contributed by atoms with Gasteiger partial charge < -0.3 is 16.2 Å². The standard InChI is InChI=1S/C11H24N2O4S/c1-9(8-14)4-3-6-13-11(15)10(12)5-7-18(2,16)17/h9-10,14H,3-8,12H2,1-2H3,(H,13,15). The van der Waals surface area contributed by atoms with Crippen molar-refractivity contribution in [2.75, 3.05) is 25.2 Å². The second kappa shape index (κ2) is 8.44. The van der Waals surface area contributed by atoms with Crippen LogP contribution in [0.15, 0.2) is 0 Å². The normalized spacial score (nSPS) is 15.1. The van der Waals surface area contributed by atoms with Gasteiger partial charge in [-0.25, -0.2) is 8.42 Å². The molecule has 4 N–H and O–H groups in total. The van der Waals surface area contributed by atoms with Crippen molar-refractivity contribution in [3.63, 3.8) is 0 Å². The van der Waals surface area contributed by atoms with Crippen LogP contribution in [0.4, 0.5) is 0 Å². The third kappa shape index (κ3) is 9.38. The van der Waals surface area contributed by atoms with Crippen LogP contribution in [0, 0.1) is 5.92 Å². The van der Waals surface area contributed by atoms with Gasteiger partial charge in [-0.05, 0) is 25.2 Å². The lowest BCUT2D eigenvalue weighted by Crippen LogP contribution is -2.42. The van der Waals surface area contributed by atoms with Gasteiger partial charge in [0.05, 0.1) is 11.8 Å². The molecule has 0 heterocycles. The Labute approximate surface area is 109 Å². The second-order valence-electron chi connectivity index (χ2n) is 4.75. The molecular weight excluding hydrogens is 256 g/mol. The molecule has 2 unspecified atom stereocenters. The summed E-state index contributed by atoms with van der Waals surface area (Å²) in [5.74, 6) is -0.181. The molecule has 18 heavy (non-hydrogen) atoms. The van der Waals surface area contributed by atoms with Crippen molar-refractivity contribution < 1.29 is 18.3 Å². The summed E-state index contributed by atoms with van der Waals surface area (Å²) >= 11 is 0. The van der Waals surface area contributed by atoms with Crippen molar-refractivity contribution in [2.24, 2.45) is 11.7 Å². The molecular formula is C11H24N2O4S. The number of nitrogens with two attached hydrogens (primary N) is 1. The van der Waals surface area contributed by atoms with Gasteiger partial charge >= 0.3 is 0 Å². The summed E-state index contributed by atoms with van der Waals surface area (Å²) in [7, 11) is -3.08. The lowest BCUT2D eigenvalue weighted by molar-refractivity contribution is -0.122. The fourth-order valence-corrected chi connectivity index (χ4v) is 2.04. The fourth-order valence-electron chi connectivity index (χ4n) is 1.36. The van der Waals surface area contributed by atoms with Gasteiger partial charge in [-0.3, -0.25) is 4.79 Å². The number of carbonyl (C=O) groups is 1. The molecule has 0 aliphatic rings. The molecule has 2 atom stereocenters. The number of aliphatic hydroxyl groups is 1. The van der Waals surface area contributed by atoms with Crippen LogP contribution in [-0.2, 0) is 14.6 Å². The van der Waals surface area contributed by atoms with E-state index in [0.29, 0.717) is 6.54 Å². The maximum atomic E-state index is 11.5. The first-order valence-electron chi connectivity index (χ1n) is 6.08. The highest BCUT2D eigenvalue weighted by molar-refractivity contribution is 7.90. The molecule has 0 aromatic heterocycles. The predicted octanol–water partition coefficient (Wildman–Crippen LogP) is -0.727. The van der Waals surface area contributed by atoms with Crippen LogP contribution in [0.1, 0.15) is 26.2 Å². The van der Waals surface area contributed by atoms with E-state index in [4.69, 9.17) is 10.8 Å². The van der Waals surface area contributed by atoms with Crippen LogP contribution >= 0.6 is 0 Å². The number of hydrogen-bond acceptors (Lipinski definition) is 5. The highest BCUT2D eigenvalue weighted by atomic mass is 32.2. The van der Waals surface area contributed by atoms with Gasteiger partial charge in [-0.2, -0.15) is 0 Å². The maximum Gasteiger partial charge on any atom is 0.236 e. The molecule has 0 radical (unpaired) electrons. The predicted molar refractivity (Wildman–Crippen MR) is 70.8 cm³/mol. The molecule has 0 bridgehead atoms. The molecule has 0 aliphatic carbocycles. The van der Waals surface area contributed by atoms with Crippen LogP contribution in [0.25, 0.3) is 0 Å². The topological polar surface area (TPSA) is 109 Å². The molecule has 0 saturated heterocycles. The molecule has 0 aliphatic heterocycles. The number of amides is 1. The molecule has 7 heteroatoms. The van der Waals surface area contributed by atoms with Crippen molar-refractivity contribution in [1.29, 1.82) is 0 Å². The van der Waals surface area contributed by atoms with E-state index in [2.05, 4.69) is 5.32 Å². The van der Waals surface area contributed by atoms with Crippen molar-refractivity contribution in [1.82, 2.24) is 5.32 Å². The smallest absolute Gasteiger partial charge is 0.236 e. The van der Waals surface area contributed by atoms with Gasteiger partial charge in [-0.1, -0.05) is 6.92 Å². The summed E-state index contributed by atoms with van der Waals surface area (Å²) in [5.41, 5.74) is 5.58. The number of rotatable bonds is 9. The number of hydrogen-bond donors (Lipinski definition) is 3. The van der Waals surface area contributed by atoms with Gasteiger partial charge in [0.15, 0.2) is 0 Å². The summed E-state index contributed by atoms with van der Waals surface area (Å²) in [6, 6.07) is -0.782. The van der Waals surface area contributed by atoms with E-state index in [1.165, 1.54) is 0 Å². The summed E-state index contributed by atoms with van der Waals surface area (Å²) in [5, 5.41) is 11.5. The highest BCUT2D eigenvalue weighted by Crippen LogP contribution is 2.02. The SMILES string of the molecule is CC(CO)CCCNC(=O)C(N)CCS(C)(=O)=O. The summed E-state index contributed by atoms with van der Waals surface area (Å²) in [6.07, 6.45) is 2.85. The minimum atomic E-state index is -3.08. The van der Waals surface area contributed by atoms with E-state index in [1.807, 2.05) is 6.92 Å². The third-order valence-corrected chi connectivity index (χ3v) is 3.60. The first-order chi connectivity index (χ1) is 8.26. The highest BCUT2D eigenvalue weighted by Gasteiger charge is 2.15. The van der Waals surface area contributed by atoms with Crippen LogP contribution in [-0.4, -0.2) is 50.6 Å². The zero-order chi connectivity index (χ0) is 14.2. The van der Waals surface area contributed by atoms with E-state index in [0.717, 1.165) is 19.1 Å². The quantitative estimate of drug-likeness (QED) is 0.483. The Morgan fingerprint density at radius 3 is 2.50 bits per heavy atom. The Morgan fingerprint density at radius 1 is 1.39 bits per heavy atom. The second-order valence-corrected chi connectivity index (χ2v) is 7.01. The monoisotopic (exact) mass is 280 g/mol. The summed E-state index contributed by atoms with van der Waals surface area (Å²) < 4.78 is 21.8. The molecule has 0 saturated carbocycles. The van der Waals surface area contributed by atoms with Gasteiger partial charge in [0.2, 0.25) is 5.91 Å². The van der Waals surface area contributed by atoms with E-state index in [1.54, 1.807) is 0 Å². The number of aliphatic hydroxyl groups excluding tert-OH is 1. The van der Waals surface area contributed by atoms with Crippen LogP contribution < -0.4 is 11.1 Å². The minimum absolute atomic E-state index is 0.0802. The van der Waals surface area contributed by atoms with Crippen LogP contribution in [0.2, 0.25) is 0 Å². The number of carbonyl (C=O) groups excluding carboxylic acids is 1. The lowest BCUT2D eigenvalue weighted by Gasteiger charge is -2.12. The van der Waals surface area contributed by atoms with Gasteiger partial charge in [0.25, 0.3) is 0 Å². The molecule has 6 nitrogen and oxygen atoms in total. The van der Waals surface area contributed by atoms with Gasteiger partial charge in [0.1, 0.15) is 9.84 Å². The Hall–Kier alpha value is -0.660. The molecule has 0 rings (SSSR count). The Morgan fingerprint density at radius 2 is 2.00 bits per heavy atom. The average Bonchev–Trinajstić information content (AvgIpc) is 2.29. The third-order valence-electron chi connectivity index (χ3n) is 2.62. The summed E-state index contributed by atoms with van der Waals surface area (Å²) in [6.45, 7) is 2.57. The molecule has 1 amide bonds. The van der Waals surface area contributed by atoms with Crippen molar-refractivity contribution in [3.05, 3.63) is 0 Å². The molecule has 108 valence electrons. The Kier molecular flexibility index (Phi) is 8.13.